The zero-order valence-corrected chi connectivity index (χ0v) is 17.4. The normalized spacial score (nSPS) is 11.7. The van der Waals surface area contributed by atoms with Gasteiger partial charge in [0.2, 0.25) is 5.91 Å². The van der Waals surface area contributed by atoms with Crippen molar-refractivity contribution in [2.24, 2.45) is 0 Å². The molecule has 0 fully saturated rings. The fraction of sp³-hybridized carbons (Fsp3) is 0.240. The largest absolute Gasteiger partial charge is 0.378 e. The van der Waals surface area contributed by atoms with Crippen LogP contribution in [0.25, 0.3) is 0 Å². The number of carbonyl (C=O) groups is 1. The Morgan fingerprint density at radius 3 is 2.21 bits per heavy atom. The highest BCUT2D eigenvalue weighted by Gasteiger charge is 2.20. The molecule has 1 atom stereocenters. The molecule has 1 amide bonds. The predicted molar refractivity (Wildman–Crippen MR) is 121 cm³/mol. The van der Waals surface area contributed by atoms with E-state index in [0.717, 1.165) is 23.2 Å². The molecule has 0 unspecified atom stereocenters. The van der Waals surface area contributed by atoms with Crippen molar-refractivity contribution < 1.29 is 4.79 Å². The van der Waals surface area contributed by atoms with Gasteiger partial charge in [0.05, 0.1) is 0 Å². The van der Waals surface area contributed by atoms with Gasteiger partial charge in [-0.2, -0.15) is 0 Å². The van der Waals surface area contributed by atoms with E-state index in [-0.39, 0.29) is 5.91 Å². The van der Waals surface area contributed by atoms with Crippen LogP contribution in [0.2, 0.25) is 0 Å². The first-order chi connectivity index (χ1) is 14.0. The molecule has 150 valence electrons. The second kappa shape index (κ2) is 9.89. The molecule has 0 bridgehead atoms. The van der Waals surface area contributed by atoms with E-state index < -0.39 is 6.04 Å². The molecule has 3 aromatic rings. The van der Waals surface area contributed by atoms with Crippen LogP contribution in [0.3, 0.4) is 0 Å². The zero-order chi connectivity index (χ0) is 20.6. The third kappa shape index (κ3) is 5.69. The number of rotatable bonds is 8. The van der Waals surface area contributed by atoms with E-state index in [0.29, 0.717) is 6.54 Å². The first kappa shape index (κ1) is 20.6. The topological polar surface area (TPSA) is 44.4 Å². The van der Waals surface area contributed by atoms with Crippen molar-refractivity contribution in [1.82, 2.24) is 5.32 Å². The molecule has 29 heavy (non-hydrogen) atoms. The van der Waals surface area contributed by atoms with E-state index in [2.05, 4.69) is 39.8 Å². The summed E-state index contributed by atoms with van der Waals surface area (Å²) in [7, 11) is 4.07. The third-order valence-corrected chi connectivity index (χ3v) is 5.01. The summed E-state index contributed by atoms with van der Waals surface area (Å²) >= 11 is 0. The van der Waals surface area contributed by atoms with E-state index >= 15 is 0 Å². The van der Waals surface area contributed by atoms with Crippen molar-refractivity contribution in [3.8, 4) is 0 Å². The van der Waals surface area contributed by atoms with Gasteiger partial charge in [0, 0.05) is 32.0 Å². The molecule has 4 heteroatoms. The maximum Gasteiger partial charge on any atom is 0.246 e. The van der Waals surface area contributed by atoms with Crippen LogP contribution in [0, 0.1) is 6.92 Å². The van der Waals surface area contributed by atoms with Gasteiger partial charge in [-0.1, -0.05) is 60.7 Å². The second-order valence-corrected chi connectivity index (χ2v) is 7.41. The summed E-state index contributed by atoms with van der Waals surface area (Å²) in [5.74, 6) is -0.0477. The number of anilines is 2. The number of aryl methyl sites for hydroxylation is 1. The van der Waals surface area contributed by atoms with Crippen LogP contribution in [-0.4, -0.2) is 26.5 Å². The SMILES string of the molecule is Cc1ccccc1NC(=O)[C@H](NCCc1ccc(N(C)C)cc1)c1ccccc1. The van der Waals surface area contributed by atoms with Gasteiger partial charge in [-0.15, -0.1) is 0 Å². The van der Waals surface area contributed by atoms with Gasteiger partial charge in [-0.3, -0.25) is 4.79 Å². The predicted octanol–water partition coefficient (Wildman–Crippen LogP) is 4.57. The van der Waals surface area contributed by atoms with Crippen LogP contribution >= 0.6 is 0 Å². The minimum Gasteiger partial charge on any atom is -0.378 e. The number of carbonyl (C=O) groups excluding carboxylic acids is 1. The molecular weight excluding hydrogens is 358 g/mol. The van der Waals surface area contributed by atoms with Crippen molar-refractivity contribution in [3.05, 3.63) is 95.6 Å². The van der Waals surface area contributed by atoms with Crippen LogP contribution in [0.15, 0.2) is 78.9 Å². The van der Waals surface area contributed by atoms with Crippen LogP contribution in [0.1, 0.15) is 22.7 Å². The smallest absolute Gasteiger partial charge is 0.246 e. The average Bonchev–Trinajstić information content (AvgIpc) is 2.74. The van der Waals surface area contributed by atoms with Gasteiger partial charge in [-0.25, -0.2) is 0 Å². The second-order valence-electron chi connectivity index (χ2n) is 7.41. The van der Waals surface area contributed by atoms with Crippen molar-refractivity contribution in [1.29, 1.82) is 0 Å². The van der Waals surface area contributed by atoms with Crippen molar-refractivity contribution in [2.75, 3.05) is 30.9 Å². The number of benzene rings is 3. The highest BCUT2D eigenvalue weighted by molar-refractivity contribution is 5.96. The van der Waals surface area contributed by atoms with Crippen LogP contribution in [0.4, 0.5) is 11.4 Å². The molecule has 0 aliphatic carbocycles. The summed E-state index contributed by atoms with van der Waals surface area (Å²) in [6.07, 6.45) is 0.856. The summed E-state index contributed by atoms with van der Waals surface area (Å²) in [4.78, 5) is 15.1. The fourth-order valence-corrected chi connectivity index (χ4v) is 3.25. The number of hydrogen-bond donors (Lipinski definition) is 2. The van der Waals surface area contributed by atoms with E-state index in [1.807, 2.05) is 75.6 Å². The number of nitrogens with zero attached hydrogens (tertiary/aromatic N) is 1. The Morgan fingerprint density at radius 2 is 1.55 bits per heavy atom. The van der Waals surface area contributed by atoms with Crippen molar-refractivity contribution in [2.45, 2.75) is 19.4 Å². The van der Waals surface area contributed by atoms with Crippen molar-refractivity contribution in [3.63, 3.8) is 0 Å². The van der Waals surface area contributed by atoms with Gasteiger partial charge in [0.1, 0.15) is 6.04 Å². The summed E-state index contributed by atoms with van der Waals surface area (Å²) < 4.78 is 0. The third-order valence-electron chi connectivity index (χ3n) is 5.01. The zero-order valence-electron chi connectivity index (χ0n) is 17.4. The molecule has 2 N–H and O–H groups in total. The van der Waals surface area contributed by atoms with Gasteiger partial charge in [-0.05, 0) is 48.2 Å². The molecular formula is C25H29N3O. The molecule has 0 aliphatic heterocycles. The lowest BCUT2D eigenvalue weighted by Crippen LogP contribution is -2.34. The molecule has 0 saturated carbocycles. The van der Waals surface area contributed by atoms with Crippen LogP contribution < -0.4 is 15.5 Å². The maximum atomic E-state index is 13.0. The minimum atomic E-state index is -0.406. The number of hydrogen-bond acceptors (Lipinski definition) is 3. The summed E-state index contributed by atoms with van der Waals surface area (Å²) in [5, 5.41) is 6.51. The lowest BCUT2D eigenvalue weighted by atomic mass is 10.0. The van der Waals surface area contributed by atoms with Gasteiger partial charge in [0.25, 0.3) is 0 Å². The highest BCUT2D eigenvalue weighted by Crippen LogP contribution is 2.19. The molecule has 0 aliphatic rings. The first-order valence-electron chi connectivity index (χ1n) is 9.95. The Hall–Kier alpha value is -3.11. The summed E-state index contributed by atoms with van der Waals surface area (Å²) in [6, 6.07) is 25.8. The number of amides is 1. The molecule has 0 spiro atoms. The first-order valence-corrected chi connectivity index (χ1v) is 9.95. The summed E-state index contributed by atoms with van der Waals surface area (Å²) in [6.45, 7) is 2.71. The van der Waals surface area contributed by atoms with E-state index in [1.54, 1.807) is 0 Å². The Morgan fingerprint density at radius 1 is 0.897 bits per heavy atom. The Labute approximate surface area is 173 Å². The molecule has 0 radical (unpaired) electrons. The maximum absolute atomic E-state index is 13.0. The standard InChI is InChI=1S/C25H29N3O/c1-19-9-7-8-12-23(19)27-25(29)24(21-10-5-4-6-11-21)26-18-17-20-13-15-22(16-14-20)28(2)3/h4-16,24,26H,17-18H2,1-3H3,(H,27,29)/t24-/m1/s1. The van der Waals surface area contributed by atoms with E-state index in [1.165, 1.54) is 11.3 Å². The Bertz CT molecular complexity index is 920. The fourth-order valence-electron chi connectivity index (χ4n) is 3.25. The molecule has 0 aromatic heterocycles. The molecule has 0 heterocycles. The average molecular weight is 388 g/mol. The lowest BCUT2D eigenvalue weighted by molar-refractivity contribution is -0.118. The molecule has 3 aromatic carbocycles. The monoisotopic (exact) mass is 387 g/mol. The lowest BCUT2D eigenvalue weighted by Gasteiger charge is -2.20. The molecule has 3 rings (SSSR count). The molecule has 4 nitrogen and oxygen atoms in total. The highest BCUT2D eigenvalue weighted by atomic mass is 16.2. The molecule has 0 saturated heterocycles. The van der Waals surface area contributed by atoms with E-state index in [4.69, 9.17) is 0 Å². The van der Waals surface area contributed by atoms with Gasteiger partial charge in [0.15, 0.2) is 0 Å². The number of para-hydroxylation sites is 1. The van der Waals surface area contributed by atoms with Gasteiger partial charge < -0.3 is 15.5 Å². The van der Waals surface area contributed by atoms with Crippen LogP contribution in [0.5, 0.6) is 0 Å². The van der Waals surface area contributed by atoms with Crippen molar-refractivity contribution >= 4 is 17.3 Å². The Kier molecular flexibility index (Phi) is 7.04. The van der Waals surface area contributed by atoms with E-state index in [9.17, 15) is 4.79 Å². The summed E-state index contributed by atoms with van der Waals surface area (Å²) in [5.41, 5.74) is 5.28. The Balaban J connectivity index is 1.67. The van der Waals surface area contributed by atoms with Crippen LogP contribution in [-0.2, 0) is 11.2 Å². The number of nitrogens with one attached hydrogen (secondary N) is 2. The quantitative estimate of drug-likeness (QED) is 0.595. The van der Waals surface area contributed by atoms with Gasteiger partial charge >= 0.3 is 0 Å². The minimum absolute atomic E-state index is 0.0477.